The average molecular weight is 325 g/mol. The first kappa shape index (κ1) is 15.7. The summed E-state index contributed by atoms with van der Waals surface area (Å²) in [4.78, 5) is 19.9. The summed E-state index contributed by atoms with van der Waals surface area (Å²) in [5, 5.41) is 3.10. The maximum atomic E-state index is 12.0. The largest absolute Gasteiger partial charge is 0.370 e. The Labute approximate surface area is 135 Å². The minimum absolute atomic E-state index is 0.0581. The van der Waals surface area contributed by atoms with Crippen LogP contribution in [0.2, 0.25) is 0 Å². The fourth-order valence-electron chi connectivity index (χ4n) is 3.16. The SMILES string of the molecule is Cc1nc(CO[C@H]2CO[C@@]3(CCN(C(=O)N(C)C)C3)C2)cs1. The number of ether oxygens (including phenoxy) is 2. The summed E-state index contributed by atoms with van der Waals surface area (Å²) >= 11 is 1.64. The van der Waals surface area contributed by atoms with E-state index in [4.69, 9.17) is 9.47 Å². The van der Waals surface area contributed by atoms with E-state index in [1.165, 1.54) is 0 Å². The van der Waals surface area contributed by atoms with E-state index in [1.807, 2.05) is 17.2 Å². The Morgan fingerprint density at radius 2 is 2.45 bits per heavy atom. The van der Waals surface area contributed by atoms with Crippen molar-refractivity contribution in [3.05, 3.63) is 16.1 Å². The number of urea groups is 1. The maximum absolute atomic E-state index is 12.0. The van der Waals surface area contributed by atoms with Crippen LogP contribution in [-0.4, -0.2) is 66.3 Å². The zero-order valence-electron chi connectivity index (χ0n) is 13.4. The number of thiazole rings is 1. The van der Waals surface area contributed by atoms with Crippen LogP contribution in [0.5, 0.6) is 0 Å². The number of aromatic nitrogens is 1. The number of carbonyl (C=O) groups is 1. The van der Waals surface area contributed by atoms with E-state index in [1.54, 1.807) is 30.3 Å². The van der Waals surface area contributed by atoms with Gasteiger partial charge in [0, 0.05) is 32.4 Å². The lowest BCUT2D eigenvalue weighted by Crippen LogP contribution is -2.41. The van der Waals surface area contributed by atoms with Gasteiger partial charge in [0.25, 0.3) is 0 Å². The van der Waals surface area contributed by atoms with Crippen LogP contribution in [0.1, 0.15) is 23.5 Å². The molecule has 3 rings (SSSR count). The molecule has 2 aliphatic rings. The summed E-state index contributed by atoms with van der Waals surface area (Å²) in [5.41, 5.74) is 0.771. The van der Waals surface area contributed by atoms with Gasteiger partial charge in [-0.1, -0.05) is 0 Å². The number of nitrogens with zero attached hydrogens (tertiary/aromatic N) is 3. The Hall–Kier alpha value is -1.18. The van der Waals surface area contributed by atoms with Gasteiger partial charge in [-0.25, -0.2) is 9.78 Å². The second-order valence-corrected chi connectivity index (χ2v) is 7.40. The van der Waals surface area contributed by atoms with Gasteiger partial charge in [0.1, 0.15) is 0 Å². The third kappa shape index (κ3) is 3.26. The highest BCUT2D eigenvalue weighted by Crippen LogP contribution is 2.36. The number of amides is 2. The normalized spacial score (nSPS) is 27.8. The summed E-state index contributed by atoms with van der Waals surface area (Å²) in [6, 6.07) is 0.0581. The molecule has 6 nitrogen and oxygen atoms in total. The van der Waals surface area contributed by atoms with Crippen LogP contribution >= 0.6 is 11.3 Å². The van der Waals surface area contributed by atoms with Crippen molar-refractivity contribution in [1.29, 1.82) is 0 Å². The maximum Gasteiger partial charge on any atom is 0.319 e. The summed E-state index contributed by atoms with van der Waals surface area (Å²) in [7, 11) is 3.56. The molecule has 2 aliphatic heterocycles. The minimum atomic E-state index is -0.214. The Morgan fingerprint density at radius 3 is 3.14 bits per heavy atom. The highest BCUT2D eigenvalue weighted by molar-refractivity contribution is 7.09. The predicted octanol–water partition coefficient (Wildman–Crippen LogP) is 1.88. The quantitative estimate of drug-likeness (QED) is 0.851. The zero-order chi connectivity index (χ0) is 15.7. The predicted molar refractivity (Wildman–Crippen MR) is 84.0 cm³/mol. The topological polar surface area (TPSA) is 54.9 Å². The molecule has 7 heteroatoms. The van der Waals surface area contributed by atoms with Crippen molar-refractivity contribution in [3.8, 4) is 0 Å². The fourth-order valence-corrected chi connectivity index (χ4v) is 3.76. The smallest absolute Gasteiger partial charge is 0.319 e. The van der Waals surface area contributed by atoms with Crippen molar-refractivity contribution in [3.63, 3.8) is 0 Å². The van der Waals surface area contributed by atoms with Gasteiger partial charge in [-0.3, -0.25) is 0 Å². The van der Waals surface area contributed by atoms with E-state index in [2.05, 4.69) is 4.98 Å². The molecule has 22 heavy (non-hydrogen) atoms. The number of rotatable bonds is 3. The molecule has 1 aromatic rings. The summed E-state index contributed by atoms with van der Waals surface area (Å²) in [6.07, 6.45) is 1.84. The third-order valence-electron chi connectivity index (χ3n) is 4.28. The van der Waals surface area contributed by atoms with Gasteiger partial charge in [-0.2, -0.15) is 0 Å². The van der Waals surface area contributed by atoms with Crippen LogP contribution < -0.4 is 0 Å². The molecule has 0 bridgehead atoms. The average Bonchev–Trinajstić information content (AvgIpc) is 3.18. The molecule has 0 N–H and O–H groups in total. The Bertz CT molecular complexity index is 548. The van der Waals surface area contributed by atoms with Crippen molar-refractivity contribution < 1.29 is 14.3 Å². The van der Waals surface area contributed by atoms with Crippen molar-refractivity contribution in [2.75, 3.05) is 33.8 Å². The highest BCUT2D eigenvalue weighted by atomic mass is 32.1. The van der Waals surface area contributed by atoms with Crippen molar-refractivity contribution >= 4 is 17.4 Å². The number of carbonyl (C=O) groups excluding carboxylic acids is 1. The van der Waals surface area contributed by atoms with Crippen molar-refractivity contribution in [1.82, 2.24) is 14.8 Å². The molecular formula is C15H23N3O3S. The van der Waals surface area contributed by atoms with E-state index in [0.717, 1.165) is 30.1 Å². The second kappa shape index (κ2) is 6.14. The molecule has 1 aromatic heterocycles. The van der Waals surface area contributed by atoms with Gasteiger partial charge in [-0.15, -0.1) is 11.3 Å². The molecule has 2 saturated heterocycles. The van der Waals surface area contributed by atoms with Gasteiger partial charge in [-0.05, 0) is 13.3 Å². The number of likely N-dealkylation sites (tertiary alicyclic amines) is 1. The van der Waals surface area contributed by atoms with E-state index >= 15 is 0 Å². The summed E-state index contributed by atoms with van der Waals surface area (Å²) in [6.45, 7) is 4.56. The molecule has 1 spiro atoms. The molecule has 0 aromatic carbocycles. The van der Waals surface area contributed by atoms with Crippen molar-refractivity contribution in [2.24, 2.45) is 0 Å². The molecule has 2 atom stereocenters. The van der Waals surface area contributed by atoms with Crippen LogP contribution in [0.4, 0.5) is 4.79 Å². The number of hydrogen-bond donors (Lipinski definition) is 0. The highest BCUT2D eigenvalue weighted by Gasteiger charge is 2.47. The molecule has 0 saturated carbocycles. The van der Waals surface area contributed by atoms with Gasteiger partial charge >= 0.3 is 6.03 Å². The van der Waals surface area contributed by atoms with Crippen LogP contribution in [0.25, 0.3) is 0 Å². The molecular weight excluding hydrogens is 302 g/mol. The number of aryl methyl sites for hydroxylation is 1. The van der Waals surface area contributed by atoms with Gasteiger partial charge in [0.05, 0.1) is 42.2 Å². The lowest BCUT2D eigenvalue weighted by molar-refractivity contribution is 0.000720. The van der Waals surface area contributed by atoms with Gasteiger partial charge in [0.2, 0.25) is 0 Å². The lowest BCUT2D eigenvalue weighted by atomic mass is 9.98. The van der Waals surface area contributed by atoms with Gasteiger partial charge < -0.3 is 19.3 Å². The second-order valence-electron chi connectivity index (χ2n) is 6.34. The van der Waals surface area contributed by atoms with Gasteiger partial charge in [0.15, 0.2) is 0 Å². The molecule has 122 valence electrons. The third-order valence-corrected chi connectivity index (χ3v) is 5.10. The number of hydrogen-bond acceptors (Lipinski definition) is 5. The molecule has 0 unspecified atom stereocenters. The minimum Gasteiger partial charge on any atom is -0.370 e. The first-order chi connectivity index (χ1) is 10.5. The monoisotopic (exact) mass is 325 g/mol. The fraction of sp³-hybridized carbons (Fsp3) is 0.733. The van der Waals surface area contributed by atoms with E-state index in [-0.39, 0.29) is 17.7 Å². The van der Waals surface area contributed by atoms with Crippen LogP contribution in [-0.2, 0) is 16.1 Å². The molecule has 2 amide bonds. The first-order valence-electron chi connectivity index (χ1n) is 7.60. The van der Waals surface area contributed by atoms with E-state index in [9.17, 15) is 4.79 Å². The first-order valence-corrected chi connectivity index (χ1v) is 8.48. The molecule has 3 heterocycles. The van der Waals surface area contributed by atoms with Crippen LogP contribution in [0.3, 0.4) is 0 Å². The lowest BCUT2D eigenvalue weighted by Gasteiger charge is -2.25. The Balaban J connectivity index is 1.51. The molecule has 0 radical (unpaired) electrons. The Kier molecular flexibility index (Phi) is 4.38. The zero-order valence-corrected chi connectivity index (χ0v) is 14.2. The van der Waals surface area contributed by atoms with Crippen LogP contribution in [0, 0.1) is 6.92 Å². The Morgan fingerprint density at radius 1 is 1.64 bits per heavy atom. The van der Waals surface area contributed by atoms with Crippen molar-refractivity contribution in [2.45, 2.75) is 38.1 Å². The summed E-state index contributed by atoms with van der Waals surface area (Å²) in [5.74, 6) is 0. The standard InChI is InChI=1S/C15H23N3O3S/c1-11-16-12(9-22-11)7-20-13-6-15(21-8-13)4-5-18(10-15)14(19)17(2)3/h9,13H,4-8,10H2,1-3H3/t13-,15+/m1/s1. The van der Waals surface area contributed by atoms with E-state index in [0.29, 0.717) is 19.8 Å². The van der Waals surface area contributed by atoms with Crippen LogP contribution in [0.15, 0.2) is 5.38 Å². The molecule has 2 fully saturated rings. The summed E-state index contributed by atoms with van der Waals surface area (Å²) < 4.78 is 12.0. The van der Waals surface area contributed by atoms with E-state index < -0.39 is 0 Å². The molecule has 0 aliphatic carbocycles.